The fourth-order valence-corrected chi connectivity index (χ4v) is 1.53. The smallest absolute Gasteiger partial charge is 0.406 e. The number of hydrogen-bond acceptors (Lipinski definition) is 7. The Morgan fingerprint density at radius 2 is 1.05 bits per heavy atom. The molecule has 0 bridgehead atoms. The van der Waals surface area contributed by atoms with Crippen LogP contribution in [0.2, 0.25) is 0 Å². The highest BCUT2D eigenvalue weighted by Gasteiger charge is 2.35. The molecule has 3 amide bonds. The summed E-state index contributed by atoms with van der Waals surface area (Å²) in [5, 5.41) is 9.83. The number of carbonyl (C=O) groups is 3. The molecule has 0 rings (SSSR count). The first-order chi connectivity index (χ1) is 10.4. The number of alkyl carbamates (subject to hydrolysis) is 3. The third-order valence-electron chi connectivity index (χ3n) is 2.69. The van der Waals surface area contributed by atoms with Gasteiger partial charge in [0.1, 0.15) is 19.8 Å². The van der Waals surface area contributed by atoms with Crippen LogP contribution in [0.4, 0.5) is 14.4 Å². The van der Waals surface area contributed by atoms with Gasteiger partial charge in [0.15, 0.2) is 0 Å². The minimum absolute atomic E-state index is 0.110. The van der Waals surface area contributed by atoms with Crippen molar-refractivity contribution in [3.8, 4) is 0 Å². The van der Waals surface area contributed by atoms with Gasteiger partial charge < -0.3 is 35.5 Å². The van der Waals surface area contributed by atoms with Crippen LogP contribution in [0, 0.1) is 5.41 Å². The highest BCUT2D eigenvalue weighted by Crippen LogP contribution is 2.19. The standard InChI is InChI=1S/C12H24N4O6/c1-13-5-12(6-20-9(17)14-2,7-21-10(18)15-3)8-22-11(19)16-4/h13H,5-8H2,1-4H3,(H,14,17)(H,15,18)(H,16,19). The molecule has 0 aromatic heterocycles. The maximum absolute atomic E-state index is 11.3. The summed E-state index contributed by atoms with van der Waals surface area (Å²) >= 11 is 0. The monoisotopic (exact) mass is 320 g/mol. The number of nitrogens with one attached hydrogen (secondary N) is 4. The summed E-state index contributed by atoms with van der Waals surface area (Å²) in [5.41, 5.74) is -0.916. The van der Waals surface area contributed by atoms with Gasteiger partial charge in [-0.2, -0.15) is 0 Å². The summed E-state index contributed by atoms with van der Waals surface area (Å²) in [6, 6.07) is 0. The zero-order chi connectivity index (χ0) is 17.0. The first-order valence-corrected chi connectivity index (χ1v) is 6.61. The average molecular weight is 320 g/mol. The van der Waals surface area contributed by atoms with Gasteiger partial charge in [0, 0.05) is 27.7 Å². The van der Waals surface area contributed by atoms with E-state index in [1.54, 1.807) is 7.05 Å². The first kappa shape index (κ1) is 19.8. The fraction of sp³-hybridized carbons (Fsp3) is 0.750. The number of hydrogen-bond donors (Lipinski definition) is 4. The van der Waals surface area contributed by atoms with E-state index in [0.717, 1.165) is 0 Å². The zero-order valence-electron chi connectivity index (χ0n) is 13.3. The Hall–Kier alpha value is -2.23. The summed E-state index contributed by atoms with van der Waals surface area (Å²) < 4.78 is 15.1. The van der Waals surface area contributed by atoms with Gasteiger partial charge in [-0.05, 0) is 7.05 Å². The average Bonchev–Trinajstić information content (AvgIpc) is 2.54. The van der Waals surface area contributed by atoms with E-state index in [2.05, 4.69) is 21.3 Å². The van der Waals surface area contributed by atoms with Crippen molar-refractivity contribution in [2.75, 3.05) is 54.6 Å². The van der Waals surface area contributed by atoms with Crippen molar-refractivity contribution in [1.29, 1.82) is 0 Å². The molecule has 0 aromatic carbocycles. The molecule has 0 saturated carbocycles. The molecular weight excluding hydrogens is 296 g/mol. The zero-order valence-corrected chi connectivity index (χ0v) is 13.3. The molecule has 0 radical (unpaired) electrons. The SMILES string of the molecule is CNCC(COC(=O)NC)(COC(=O)NC)COC(=O)NC. The van der Waals surface area contributed by atoms with Crippen LogP contribution in [0.3, 0.4) is 0 Å². The van der Waals surface area contributed by atoms with Crippen molar-refractivity contribution in [3.63, 3.8) is 0 Å². The van der Waals surface area contributed by atoms with E-state index in [-0.39, 0.29) is 26.4 Å². The Balaban J connectivity index is 4.92. The molecule has 0 fully saturated rings. The molecule has 0 spiro atoms. The molecule has 0 aliphatic carbocycles. The quantitative estimate of drug-likeness (QED) is 0.434. The molecule has 0 aromatic rings. The summed E-state index contributed by atoms with van der Waals surface area (Å²) in [4.78, 5) is 33.8. The van der Waals surface area contributed by atoms with Crippen LogP contribution in [0.15, 0.2) is 0 Å². The van der Waals surface area contributed by atoms with Crippen molar-refractivity contribution in [2.24, 2.45) is 5.41 Å². The third-order valence-corrected chi connectivity index (χ3v) is 2.69. The lowest BCUT2D eigenvalue weighted by Gasteiger charge is -2.31. The summed E-state index contributed by atoms with van der Waals surface area (Å²) in [6.45, 7) is -0.0392. The molecule has 0 aliphatic rings. The minimum atomic E-state index is -0.916. The molecule has 10 nitrogen and oxygen atoms in total. The molecule has 4 N–H and O–H groups in total. The van der Waals surface area contributed by atoms with Gasteiger partial charge in [-0.25, -0.2) is 14.4 Å². The summed E-state index contributed by atoms with van der Waals surface area (Å²) in [5.74, 6) is 0. The van der Waals surface area contributed by atoms with Crippen molar-refractivity contribution in [1.82, 2.24) is 21.3 Å². The molecule has 0 aliphatic heterocycles. The van der Waals surface area contributed by atoms with Crippen LogP contribution in [0.25, 0.3) is 0 Å². The highest BCUT2D eigenvalue weighted by molar-refractivity contribution is 5.67. The number of ether oxygens (including phenoxy) is 3. The van der Waals surface area contributed by atoms with Gasteiger partial charge in [0.2, 0.25) is 0 Å². The van der Waals surface area contributed by atoms with Gasteiger partial charge in [-0.1, -0.05) is 0 Å². The minimum Gasteiger partial charge on any atom is -0.449 e. The van der Waals surface area contributed by atoms with E-state index in [1.807, 2.05) is 0 Å². The molecular formula is C12H24N4O6. The summed E-state index contributed by atoms with van der Waals surface area (Å²) in [6.07, 6.45) is -1.92. The maximum Gasteiger partial charge on any atom is 0.406 e. The Bertz CT molecular complexity index is 326. The number of carbonyl (C=O) groups excluding carboxylic acids is 3. The van der Waals surface area contributed by atoms with E-state index in [9.17, 15) is 14.4 Å². The fourth-order valence-electron chi connectivity index (χ4n) is 1.53. The lowest BCUT2D eigenvalue weighted by Crippen LogP contribution is -2.47. The van der Waals surface area contributed by atoms with Crippen LogP contribution in [0.1, 0.15) is 0 Å². The molecule has 0 atom stereocenters. The van der Waals surface area contributed by atoms with E-state index < -0.39 is 23.7 Å². The van der Waals surface area contributed by atoms with Crippen molar-refractivity contribution < 1.29 is 28.6 Å². The van der Waals surface area contributed by atoms with Crippen LogP contribution in [0.5, 0.6) is 0 Å². The van der Waals surface area contributed by atoms with Gasteiger partial charge in [0.05, 0.1) is 5.41 Å². The van der Waals surface area contributed by atoms with Crippen molar-refractivity contribution in [2.45, 2.75) is 0 Å². The van der Waals surface area contributed by atoms with Gasteiger partial charge in [0.25, 0.3) is 0 Å². The van der Waals surface area contributed by atoms with Crippen LogP contribution >= 0.6 is 0 Å². The van der Waals surface area contributed by atoms with E-state index >= 15 is 0 Å². The van der Waals surface area contributed by atoms with Crippen molar-refractivity contribution in [3.05, 3.63) is 0 Å². The van der Waals surface area contributed by atoms with E-state index in [4.69, 9.17) is 14.2 Å². The predicted octanol–water partition coefficient (Wildman–Crippen LogP) is -0.740. The molecule has 10 heteroatoms. The van der Waals surface area contributed by atoms with E-state index in [1.165, 1.54) is 21.1 Å². The predicted molar refractivity (Wildman–Crippen MR) is 77.6 cm³/mol. The molecule has 0 heterocycles. The Morgan fingerprint density at radius 3 is 1.27 bits per heavy atom. The van der Waals surface area contributed by atoms with Gasteiger partial charge >= 0.3 is 18.3 Å². The lowest BCUT2D eigenvalue weighted by atomic mass is 9.91. The molecule has 0 saturated heterocycles. The second-order valence-electron chi connectivity index (χ2n) is 4.51. The Labute approximate surface area is 129 Å². The molecule has 0 unspecified atom stereocenters. The van der Waals surface area contributed by atoms with Gasteiger partial charge in [-0.3, -0.25) is 0 Å². The van der Waals surface area contributed by atoms with Crippen LogP contribution in [-0.2, 0) is 14.2 Å². The highest BCUT2D eigenvalue weighted by atomic mass is 16.6. The largest absolute Gasteiger partial charge is 0.449 e. The topological polar surface area (TPSA) is 127 Å². The summed E-state index contributed by atoms with van der Waals surface area (Å²) in [7, 11) is 5.94. The lowest BCUT2D eigenvalue weighted by molar-refractivity contribution is -0.0128. The van der Waals surface area contributed by atoms with E-state index in [0.29, 0.717) is 0 Å². The van der Waals surface area contributed by atoms with Crippen LogP contribution in [-0.4, -0.2) is 72.8 Å². The second-order valence-corrected chi connectivity index (χ2v) is 4.51. The van der Waals surface area contributed by atoms with Crippen LogP contribution < -0.4 is 21.3 Å². The first-order valence-electron chi connectivity index (χ1n) is 6.61. The van der Waals surface area contributed by atoms with Gasteiger partial charge in [-0.15, -0.1) is 0 Å². The molecule has 22 heavy (non-hydrogen) atoms. The third kappa shape index (κ3) is 7.53. The Kier molecular flexibility index (Phi) is 9.43. The maximum atomic E-state index is 11.3. The number of rotatable bonds is 8. The number of amides is 3. The second kappa shape index (κ2) is 10.5. The molecule has 128 valence electrons. The Morgan fingerprint density at radius 1 is 0.727 bits per heavy atom. The van der Waals surface area contributed by atoms with Crippen molar-refractivity contribution >= 4 is 18.3 Å². The normalized spacial score (nSPS) is 10.4.